The SMILES string of the molecule is O=C(O)Cc1c(-c2ccc3c(c2)OCCO3)nc2cccc(Br)n12. The van der Waals surface area contributed by atoms with Gasteiger partial charge in [0.05, 0.1) is 22.4 Å². The van der Waals surface area contributed by atoms with E-state index >= 15 is 0 Å². The first-order valence-electron chi connectivity index (χ1n) is 7.41. The molecule has 0 fully saturated rings. The van der Waals surface area contributed by atoms with Crippen LogP contribution >= 0.6 is 15.9 Å². The van der Waals surface area contributed by atoms with Crippen molar-refractivity contribution >= 4 is 27.5 Å². The van der Waals surface area contributed by atoms with Crippen LogP contribution in [0.25, 0.3) is 16.9 Å². The third-order valence-electron chi connectivity index (χ3n) is 3.83. The molecule has 4 rings (SSSR count). The van der Waals surface area contributed by atoms with E-state index in [0.29, 0.717) is 41.7 Å². The molecule has 6 nitrogen and oxygen atoms in total. The van der Waals surface area contributed by atoms with Gasteiger partial charge in [0, 0.05) is 5.56 Å². The standard InChI is InChI=1S/C17H13BrN2O4/c18-14-2-1-3-15-19-17(11(20(14)15)9-16(21)22)10-4-5-12-13(8-10)24-7-6-23-12/h1-5,8H,6-7,9H2,(H,21,22). The number of nitrogens with zero attached hydrogens (tertiary/aromatic N) is 2. The highest BCUT2D eigenvalue weighted by Gasteiger charge is 2.20. The van der Waals surface area contributed by atoms with Gasteiger partial charge < -0.3 is 14.6 Å². The maximum Gasteiger partial charge on any atom is 0.309 e. The number of halogens is 1. The number of rotatable bonds is 3. The average Bonchev–Trinajstić information content (AvgIpc) is 2.93. The van der Waals surface area contributed by atoms with E-state index in [1.54, 1.807) is 4.40 Å². The van der Waals surface area contributed by atoms with Gasteiger partial charge in [-0.15, -0.1) is 0 Å². The molecule has 24 heavy (non-hydrogen) atoms. The molecule has 0 bridgehead atoms. The molecule has 0 unspecified atom stereocenters. The van der Waals surface area contributed by atoms with Crippen LogP contribution in [0.5, 0.6) is 11.5 Å². The Labute approximate surface area is 145 Å². The molecule has 0 atom stereocenters. The molecule has 2 aromatic heterocycles. The Bertz CT molecular complexity index is 951. The monoisotopic (exact) mass is 388 g/mol. The third-order valence-corrected chi connectivity index (χ3v) is 4.44. The highest BCUT2D eigenvalue weighted by Crippen LogP contribution is 2.36. The summed E-state index contributed by atoms with van der Waals surface area (Å²) in [6.45, 7) is 1.02. The summed E-state index contributed by atoms with van der Waals surface area (Å²) in [6, 6.07) is 11.1. The van der Waals surface area contributed by atoms with Gasteiger partial charge in [0.1, 0.15) is 18.9 Å². The Morgan fingerprint density at radius 1 is 1.21 bits per heavy atom. The summed E-state index contributed by atoms with van der Waals surface area (Å²) in [6.07, 6.45) is -0.131. The second-order valence-electron chi connectivity index (χ2n) is 5.38. The minimum atomic E-state index is -0.911. The molecule has 0 radical (unpaired) electrons. The zero-order valence-corrected chi connectivity index (χ0v) is 14.1. The number of imidazole rings is 1. The molecular weight excluding hydrogens is 376 g/mol. The van der Waals surface area contributed by atoms with Crippen molar-refractivity contribution < 1.29 is 19.4 Å². The zero-order chi connectivity index (χ0) is 16.7. The van der Waals surface area contributed by atoms with Gasteiger partial charge in [0.25, 0.3) is 0 Å². The molecule has 1 aromatic carbocycles. The normalized spacial score (nSPS) is 13.2. The van der Waals surface area contributed by atoms with Gasteiger partial charge >= 0.3 is 5.97 Å². The van der Waals surface area contributed by atoms with Crippen LogP contribution in [0.4, 0.5) is 0 Å². The van der Waals surface area contributed by atoms with Crippen LogP contribution in [0.2, 0.25) is 0 Å². The fraction of sp³-hybridized carbons (Fsp3) is 0.176. The lowest BCUT2D eigenvalue weighted by molar-refractivity contribution is -0.136. The number of aliphatic carboxylic acids is 1. The summed E-state index contributed by atoms with van der Waals surface area (Å²) in [5.41, 5.74) is 2.72. The van der Waals surface area contributed by atoms with E-state index in [0.717, 1.165) is 10.2 Å². The highest BCUT2D eigenvalue weighted by molar-refractivity contribution is 9.10. The first-order chi connectivity index (χ1) is 11.6. The van der Waals surface area contributed by atoms with Crippen molar-refractivity contribution in [1.82, 2.24) is 9.38 Å². The molecule has 0 aliphatic carbocycles. The predicted octanol–water partition coefficient (Wildman–Crippen LogP) is 3.16. The first-order valence-corrected chi connectivity index (χ1v) is 8.20. The number of carbonyl (C=O) groups is 1. The molecule has 1 aliphatic rings. The van der Waals surface area contributed by atoms with Gasteiger partial charge in [-0.05, 0) is 46.3 Å². The lowest BCUT2D eigenvalue weighted by Gasteiger charge is -2.18. The van der Waals surface area contributed by atoms with Gasteiger partial charge in [-0.1, -0.05) is 6.07 Å². The average molecular weight is 389 g/mol. The predicted molar refractivity (Wildman–Crippen MR) is 90.7 cm³/mol. The van der Waals surface area contributed by atoms with E-state index < -0.39 is 5.97 Å². The molecule has 7 heteroatoms. The Morgan fingerprint density at radius 3 is 2.79 bits per heavy atom. The lowest BCUT2D eigenvalue weighted by atomic mass is 10.1. The number of carboxylic acid groups (broad SMARTS) is 1. The van der Waals surface area contributed by atoms with Gasteiger partial charge in [-0.2, -0.15) is 0 Å². The van der Waals surface area contributed by atoms with Crippen molar-refractivity contribution in [1.29, 1.82) is 0 Å². The van der Waals surface area contributed by atoms with Crippen LogP contribution in [0.15, 0.2) is 41.0 Å². The van der Waals surface area contributed by atoms with Gasteiger partial charge in [0.2, 0.25) is 0 Å². The van der Waals surface area contributed by atoms with Crippen LogP contribution in [-0.4, -0.2) is 33.7 Å². The number of fused-ring (bicyclic) bond motifs is 2. The summed E-state index contributed by atoms with van der Waals surface area (Å²) in [7, 11) is 0. The Kier molecular flexibility index (Phi) is 3.65. The fourth-order valence-electron chi connectivity index (χ4n) is 2.84. The van der Waals surface area contributed by atoms with E-state index in [1.807, 2.05) is 36.4 Å². The van der Waals surface area contributed by atoms with Crippen molar-refractivity contribution in [2.75, 3.05) is 13.2 Å². The molecule has 3 heterocycles. The Balaban J connectivity index is 1.92. The fourth-order valence-corrected chi connectivity index (χ4v) is 3.39. The number of carboxylic acids is 1. The number of hydrogen-bond acceptors (Lipinski definition) is 4. The summed E-state index contributed by atoms with van der Waals surface area (Å²) in [5.74, 6) is 0.428. The van der Waals surface area contributed by atoms with Crippen LogP contribution in [0, 0.1) is 0 Å². The van der Waals surface area contributed by atoms with Crippen molar-refractivity contribution in [3.05, 3.63) is 46.7 Å². The summed E-state index contributed by atoms with van der Waals surface area (Å²) < 4.78 is 13.7. The van der Waals surface area contributed by atoms with E-state index in [-0.39, 0.29) is 6.42 Å². The number of pyridine rings is 1. The topological polar surface area (TPSA) is 73.1 Å². The molecule has 122 valence electrons. The summed E-state index contributed by atoms with van der Waals surface area (Å²) >= 11 is 3.47. The number of benzene rings is 1. The van der Waals surface area contributed by atoms with Crippen LogP contribution in [0.1, 0.15) is 5.69 Å². The molecule has 0 spiro atoms. The van der Waals surface area contributed by atoms with E-state index in [9.17, 15) is 9.90 Å². The van der Waals surface area contributed by atoms with Crippen molar-refractivity contribution in [2.24, 2.45) is 0 Å². The van der Waals surface area contributed by atoms with E-state index in [2.05, 4.69) is 20.9 Å². The molecule has 0 amide bonds. The molecule has 3 aromatic rings. The van der Waals surface area contributed by atoms with Gasteiger partial charge in [-0.25, -0.2) is 4.98 Å². The minimum absolute atomic E-state index is 0.131. The van der Waals surface area contributed by atoms with Crippen LogP contribution < -0.4 is 9.47 Å². The van der Waals surface area contributed by atoms with Gasteiger partial charge in [-0.3, -0.25) is 9.20 Å². The first kappa shape index (κ1) is 15.0. The van der Waals surface area contributed by atoms with Crippen molar-refractivity contribution in [3.8, 4) is 22.8 Å². The van der Waals surface area contributed by atoms with Crippen molar-refractivity contribution in [3.63, 3.8) is 0 Å². The second-order valence-corrected chi connectivity index (χ2v) is 6.19. The highest BCUT2D eigenvalue weighted by atomic mass is 79.9. The van der Waals surface area contributed by atoms with Crippen LogP contribution in [0.3, 0.4) is 0 Å². The summed E-state index contributed by atoms with van der Waals surface area (Å²) in [5, 5.41) is 9.30. The smallest absolute Gasteiger partial charge is 0.309 e. The molecule has 1 aliphatic heterocycles. The quantitative estimate of drug-likeness (QED) is 0.697. The third kappa shape index (κ3) is 2.50. The van der Waals surface area contributed by atoms with E-state index in [1.165, 1.54) is 0 Å². The molecule has 0 saturated carbocycles. The molecule has 1 N–H and O–H groups in total. The Hall–Kier alpha value is -2.54. The van der Waals surface area contributed by atoms with Crippen molar-refractivity contribution in [2.45, 2.75) is 6.42 Å². The largest absolute Gasteiger partial charge is 0.486 e. The zero-order valence-electron chi connectivity index (χ0n) is 12.5. The van der Waals surface area contributed by atoms with E-state index in [4.69, 9.17) is 9.47 Å². The lowest BCUT2D eigenvalue weighted by Crippen LogP contribution is -2.15. The molecular formula is C17H13BrN2O4. The summed E-state index contributed by atoms with van der Waals surface area (Å²) in [4.78, 5) is 16.0. The second kappa shape index (κ2) is 5.83. The maximum absolute atomic E-state index is 11.3. The number of hydrogen-bond donors (Lipinski definition) is 1. The maximum atomic E-state index is 11.3. The minimum Gasteiger partial charge on any atom is -0.486 e. The molecule has 0 saturated heterocycles. The van der Waals surface area contributed by atoms with Gasteiger partial charge in [0.15, 0.2) is 11.5 Å². The Morgan fingerprint density at radius 2 is 2.00 bits per heavy atom. The number of ether oxygens (including phenoxy) is 2. The van der Waals surface area contributed by atoms with Crippen LogP contribution in [-0.2, 0) is 11.2 Å². The number of aromatic nitrogens is 2.